The molecule has 28 heavy (non-hydrogen) atoms. The third kappa shape index (κ3) is 3.96. The highest BCUT2D eigenvalue weighted by Gasteiger charge is 2.20. The molecule has 1 aliphatic rings. The lowest BCUT2D eigenvalue weighted by Gasteiger charge is -2.16. The van der Waals surface area contributed by atoms with Crippen LogP contribution in [0.15, 0.2) is 60.9 Å². The van der Waals surface area contributed by atoms with E-state index in [1.54, 1.807) is 23.0 Å². The first-order valence-corrected chi connectivity index (χ1v) is 9.38. The monoisotopic (exact) mass is 374 g/mol. The van der Waals surface area contributed by atoms with E-state index in [-0.39, 0.29) is 11.8 Å². The van der Waals surface area contributed by atoms with Crippen LogP contribution in [0.4, 0.5) is 5.69 Å². The number of nitrogens with zero attached hydrogens (tertiary/aromatic N) is 3. The summed E-state index contributed by atoms with van der Waals surface area (Å²) in [6.07, 6.45) is 5.28. The van der Waals surface area contributed by atoms with E-state index in [0.717, 1.165) is 35.5 Å². The predicted molar refractivity (Wildman–Crippen MR) is 107 cm³/mol. The Balaban J connectivity index is 1.43. The molecule has 0 spiro atoms. The first kappa shape index (κ1) is 18.0. The maximum atomic E-state index is 12.6. The molecule has 4 rings (SSSR count). The number of hydrogen-bond donors (Lipinski definition) is 1. The minimum atomic E-state index is -0.169. The average Bonchev–Trinajstić information content (AvgIpc) is 3.31. The van der Waals surface area contributed by atoms with E-state index in [9.17, 15) is 9.59 Å². The van der Waals surface area contributed by atoms with Crippen molar-refractivity contribution >= 4 is 17.5 Å². The Labute approximate surface area is 163 Å². The van der Waals surface area contributed by atoms with E-state index in [4.69, 9.17) is 0 Å². The molecular weight excluding hydrogens is 352 g/mol. The maximum Gasteiger partial charge on any atom is 0.255 e. The molecule has 6 nitrogen and oxygen atoms in total. The van der Waals surface area contributed by atoms with E-state index in [1.165, 1.54) is 0 Å². The van der Waals surface area contributed by atoms with Gasteiger partial charge in [-0.2, -0.15) is 5.10 Å². The average molecular weight is 374 g/mol. The molecule has 2 aromatic carbocycles. The summed E-state index contributed by atoms with van der Waals surface area (Å²) in [4.78, 5) is 26.2. The van der Waals surface area contributed by atoms with E-state index in [0.29, 0.717) is 18.5 Å². The van der Waals surface area contributed by atoms with Crippen LogP contribution in [0.1, 0.15) is 34.3 Å². The van der Waals surface area contributed by atoms with Crippen LogP contribution < -0.4 is 5.32 Å². The van der Waals surface area contributed by atoms with Crippen LogP contribution in [-0.2, 0) is 11.3 Å². The van der Waals surface area contributed by atoms with Gasteiger partial charge in [0.1, 0.15) is 0 Å². The van der Waals surface area contributed by atoms with Gasteiger partial charge in [0.05, 0.1) is 11.9 Å². The molecule has 3 aromatic rings. The summed E-state index contributed by atoms with van der Waals surface area (Å²) < 4.78 is 1.78. The molecule has 1 aromatic heterocycles. The standard InChI is InChI=1S/C22H22N4O2/c1-16-13-23-26(14-16)20-9-7-18(8-10-20)22(28)24-19-5-2-4-17(12-19)15-25-11-3-6-21(25)27/h2,4-5,7-10,12-14H,3,6,11,15H2,1H3,(H,24,28). The van der Waals surface area contributed by atoms with E-state index >= 15 is 0 Å². The minimum Gasteiger partial charge on any atom is -0.338 e. The number of aryl methyl sites for hydroxylation is 1. The zero-order chi connectivity index (χ0) is 19.5. The molecule has 1 saturated heterocycles. The number of likely N-dealkylation sites (tertiary alicyclic amines) is 1. The van der Waals surface area contributed by atoms with E-state index in [1.807, 2.05) is 54.4 Å². The zero-order valence-corrected chi connectivity index (χ0v) is 15.8. The lowest BCUT2D eigenvalue weighted by Crippen LogP contribution is -2.23. The molecule has 2 heterocycles. The van der Waals surface area contributed by atoms with Crippen molar-refractivity contribution in [3.63, 3.8) is 0 Å². The second-order valence-electron chi connectivity index (χ2n) is 7.08. The van der Waals surface area contributed by atoms with Crippen LogP contribution in [-0.4, -0.2) is 33.0 Å². The van der Waals surface area contributed by atoms with Gasteiger partial charge in [-0.15, -0.1) is 0 Å². The van der Waals surface area contributed by atoms with Gasteiger partial charge in [0.15, 0.2) is 0 Å². The molecule has 0 bridgehead atoms. The number of carbonyl (C=O) groups is 2. The Kier molecular flexibility index (Phi) is 4.93. The predicted octanol–water partition coefficient (Wildman–Crippen LogP) is 3.56. The third-order valence-electron chi connectivity index (χ3n) is 4.84. The normalized spacial score (nSPS) is 13.8. The second kappa shape index (κ2) is 7.68. The number of amides is 2. The largest absolute Gasteiger partial charge is 0.338 e. The summed E-state index contributed by atoms with van der Waals surface area (Å²) in [6.45, 7) is 3.37. The number of hydrogen-bond acceptors (Lipinski definition) is 3. The van der Waals surface area contributed by atoms with Crippen molar-refractivity contribution in [2.45, 2.75) is 26.3 Å². The fourth-order valence-electron chi connectivity index (χ4n) is 3.36. The van der Waals surface area contributed by atoms with Gasteiger partial charge >= 0.3 is 0 Å². The summed E-state index contributed by atoms with van der Waals surface area (Å²) in [5.74, 6) is 0.0273. The van der Waals surface area contributed by atoms with Crippen molar-refractivity contribution in [2.24, 2.45) is 0 Å². The van der Waals surface area contributed by atoms with Crippen LogP contribution in [0.25, 0.3) is 5.69 Å². The van der Waals surface area contributed by atoms with Gasteiger partial charge < -0.3 is 10.2 Å². The van der Waals surface area contributed by atoms with E-state index in [2.05, 4.69) is 10.4 Å². The lowest BCUT2D eigenvalue weighted by molar-refractivity contribution is -0.128. The Morgan fingerprint density at radius 2 is 2.00 bits per heavy atom. The van der Waals surface area contributed by atoms with Crippen LogP contribution in [0, 0.1) is 6.92 Å². The van der Waals surface area contributed by atoms with Gasteiger partial charge in [0, 0.05) is 37.0 Å². The number of nitrogens with one attached hydrogen (secondary N) is 1. The van der Waals surface area contributed by atoms with Gasteiger partial charge in [-0.05, 0) is 60.9 Å². The molecule has 1 N–H and O–H groups in total. The molecule has 6 heteroatoms. The number of aromatic nitrogens is 2. The molecular formula is C22H22N4O2. The Bertz CT molecular complexity index is 1010. The first-order valence-electron chi connectivity index (χ1n) is 9.38. The molecule has 0 saturated carbocycles. The maximum absolute atomic E-state index is 12.6. The van der Waals surface area contributed by atoms with Gasteiger partial charge in [-0.1, -0.05) is 12.1 Å². The van der Waals surface area contributed by atoms with Gasteiger partial charge in [0.2, 0.25) is 5.91 Å². The molecule has 142 valence electrons. The Morgan fingerprint density at radius 1 is 1.18 bits per heavy atom. The van der Waals surface area contributed by atoms with Crippen LogP contribution in [0.2, 0.25) is 0 Å². The van der Waals surface area contributed by atoms with Crippen LogP contribution >= 0.6 is 0 Å². The van der Waals surface area contributed by atoms with Gasteiger partial charge in [0.25, 0.3) is 5.91 Å². The fraction of sp³-hybridized carbons (Fsp3) is 0.227. The fourth-order valence-corrected chi connectivity index (χ4v) is 3.36. The van der Waals surface area contributed by atoms with Crippen molar-refractivity contribution in [1.82, 2.24) is 14.7 Å². The number of carbonyl (C=O) groups excluding carboxylic acids is 2. The highest BCUT2D eigenvalue weighted by Crippen LogP contribution is 2.18. The summed E-state index contributed by atoms with van der Waals surface area (Å²) in [7, 11) is 0. The number of rotatable bonds is 5. The highest BCUT2D eigenvalue weighted by atomic mass is 16.2. The summed E-state index contributed by atoms with van der Waals surface area (Å²) >= 11 is 0. The molecule has 0 radical (unpaired) electrons. The van der Waals surface area contributed by atoms with E-state index < -0.39 is 0 Å². The topological polar surface area (TPSA) is 67.2 Å². The lowest BCUT2D eigenvalue weighted by atomic mass is 10.1. The SMILES string of the molecule is Cc1cnn(-c2ccc(C(=O)Nc3cccc(CN4CCCC4=O)c3)cc2)c1. The van der Waals surface area contributed by atoms with Crippen molar-refractivity contribution in [3.05, 3.63) is 77.6 Å². The molecule has 2 amide bonds. The summed E-state index contributed by atoms with van der Waals surface area (Å²) in [6, 6.07) is 15.0. The molecule has 1 fully saturated rings. The Morgan fingerprint density at radius 3 is 2.68 bits per heavy atom. The molecule has 0 aliphatic carbocycles. The number of anilines is 1. The van der Waals surface area contributed by atoms with Crippen molar-refractivity contribution in [1.29, 1.82) is 0 Å². The second-order valence-corrected chi connectivity index (χ2v) is 7.08. The third-order valence-corrected chi connectivity index (χ3v) is 4.84. The van der Waals surface area contributed by atoms with Gasteiger partial charge in [-0.25, -0.2) is 4.68 Å². The van der Waals surface area contributed by atoms with Gasteiger partial charge in [-0.3, -0.25) is 9.59 Å². The first-order chi connectivity index (χ1) is 13.6. The van der Waals surface area contributed by atoms with Crippen molar-refractivity contribution < 1.29 is 9.59 Å². The highest BCUT2D eigenvalue weighted by molar-refractivity contribution is 6.04. The molecule has 1 aliphatic heterocycles. The van der Waals surface area contributed by atoms with Crippen molar-refractivity contribution in [2.75, 3.05) is 11.9 Å². The summed E-state index contributed by atoms with van der Waals surface area (Å²) in [5, 5.41) is 7.21. The van der Waals surface area contributed by atoms with Crippen LogP contribution in [0.3, 0.4) is 0 Å². The Hall–Kier alpha value is -3.41. The smallest absolute Gasteiger partial charge is 0.255 e. The number of benzene rings is 2. The quantitative estimate of drug-likeness (QED) is 0.743. The zero-order valence-electron chi connectivity index (χ0n) is 15.8. The van der Waals surface area contributed by atoms with Crippen LogP contribution in [0.5, 0.6) is 0 Å². The molecule has 0 atom stereocenters. The minimum absolute atomic E-state index is 0.169. The summed E-state index contributed by atoms with van der Waals surface area (Å²) in [5.41, 5.74) is 4.30. The molecule has 0 unspecified atom stereocenters. The van der Waals surface area contributed by atoms with Crippen molar-refractivity contribution in [3.8, 4) is 5.69 Å².